The lowest BCUT2D eigenvalue weighted by Gasteiger charge is -2.28. The van der Waals surface area contributed by atoms with Gasteiger partial charge in [0.05, 0.1) is 12.6 Å². The first-order valence-electron chi connectivity index (χ1n) is 20.0. The Hall–Kier alpha value is -4.09. The number of Topliss-reactive ketones (excluding diaryl/α,β-unsaturated/α-hetero) is 1. The van der Waals surface area contributed by atoms with Gasteiger partial charge in [0.1, 0.15) is 23.7 Å². The average molecular weight is 746 g/mol. The molecule has 0 aromatic heterocycles. The van der Waals surface area contributed by atoms with Gasteiger partial charge >= 0.3 is 0 Å². The van der Waals surface area contributed by atoms with Gasteiger partial charge in [0.15, 0.2) is 5.78 Å². The molecule has 4 amide bonds. The minimum atomic E-state index is -1.02. The summed E-state index contributed by atoms with van der Waals surface area (Å²) >= 11 is 0. The number of piperidine rings is 1. The third-order valence-electron chi connectivity index (χ3n) is 10.2. The van der Waals surface area contributed by atoms with Gasteiger partial charge in [-0.3, -0.25) is 24.0 Å². The summed E-state index contributed by atoms with van der Waals surface area (Å²) in [5.41, 5.74) is 0.949. The van der Waals surface area contributed by atoms with Crippen molar-refractivity contribution in [2.75, 3.05) is 26.2 Å². The minimum absolute atomic E-state index is 0.0296. The number of ether oxygens (including phenoxy) is 1. The second-order valence-corrected chi connectivity index (χ2v) is 16.2. The van der Waals surface area contributed by atoms with Gasteiger partial charge in [0.2, 0.25) is 23.6 Å². The molecule has 2 heterocycles. The summed E-state index contributed by atoms with van der Waals surface area (Å²) in [6.45, 7) is 12.9. The molecule has 2 unspecified atom stereocenters. The van der Waals surface area contributed by atoms with Gasteiger partial charge in [-0.25, -0.2) is 0 Å². The SMILES string of the molecule is CC(C)CC(NC(=O)[C@H](CCc1ccccc1)NC(=O)CCCN1CCCCC1)C(=O)N[C@@H](Cc1ccccc1)C(=O)NC(CC(C)C)C(=O)[C@@]1(C)CO1. The van der Waals surface area contributed by atoms with E-state index in [0.717, 1.165) is 30.8 Å². The number of carbonyl (C=O) groups excluding carboxylic acids is 5. The van der Waals surface area contributed by atoms with E-state index in [2.05, 4.69) is 26.2 Å². The summed E-state index contributed by atoms with van der Waals surface area (Å²) in [6.07, 6.45) is 6.48. The highest BCUT2D eigenvalue weighted by atomic mass is 16.6. The summed E-state index contributed by atoms with van der Waals surface area (Å²) in [7, 11) is 0. The second-order valence-electron chi connectivity index (χ2n) is 16.2. The van der Waals surface area contributed by atoms with Crippen LogP contribution in [0.5, 0.6) is 0 Å². The van der Waals surface area contributed by atoms with Crippen molar-refractivity contribution in [1.29, 1.82) is 0 Å². The van der Waals surface area contributed by atoms with Gasteiger partial charge in [-0.1, -0.05) is 94.8 Å². The highest BCUT2D eigenvalue weighted by Gasteiger charge is 2.50. The molecule has 4 N–H and O–H groups in total. The maximum Gasteiger partial charge on any atom is 0.243 e. The number of benzene rings is 2. The van der Waals surface area contributed by atoms with E-state index in [9.17, 15) is 24.0 Å². The van der Waals surface area contributed by atoms with Crippen LogP contribution in [0.1, 0.15) is 97.1 Å². The molecule has 11 heteroatoms. The molecule has 54 heavy (non-hydrogen) atoms. The van der Waals surface area contributed by atoms with Crippen LogP contribution in [-0.4, -0.2) is 90.3 Å². The third-order valence-corrected chi connectivity index (χ3v) is 10.2. The molecular formula is C43H63N5O6. The zero-order chi connectivity index (χ0) is 39.1. The number of rotatable bonds is 22. The smallest absolute Gasteiger partial charge is 0.243 e. The largest absolute Gasteiger partial charge is 0.361 e. The van der Waals surface area contributed by atoms with Crippen LogP contribution in [0, 0.1) is 11.8 Å². The molecule has 4 rings (SSSR count). The van der Waals surface area contributed by atoms with E-state index in [-0.39, 0.29) is 29.9 Å². The zero-order valence-corrected chi connectivity index (χ0v) is 33.0. The molecule has 2 aliphatic rings. The molecule has 2 aromatic carbocycles. The lowest BCUT2D eigenvalue weighted by atomic mass is 9.93. The molecule has 5 atom stereocenters. The molecule has 11 nitrogen and oxygen atoms in total. The first-order valence-corrected chi connectivity index (χ1v) is 20.0. The monoisotopic (exact) mass is 745 g/mol. The van der Waals surface area contributed by atoms with E-state index in [1.54, 1.807) is 6.92 Å². The van der Waals surface area contributed by atoms with Crippen LogP contribution in [0.15, 0.2) is 60.7 Å². The van der Waals surface area contributed by atoms with E-state index in [4.69, 9.17) is 4.74 Å². The molecule has 0 saturated carbocycles. The molecule has 2 fully saturated rings. The lowest BCUT2D eigenvalue weighted by Crippen LogP contribution is -2.59. The fraction of sp³-hybridized carbons (Fsp3) is 0.605. The summed E-state index contributed by atoms with van der Waals surface area (Å²) < 4.78 is 5.42. The number of amides is 4. The van der Waals surface area contributed by atoms with Crippen molar-refractivity contribution < 1.29 is 28.7 Å². The first kappa shape index (κ1) is 42.6. The number of likely N-dealkylation sites (tertiary alicyclic amines) is 1. The summed E-state index contributed by atoms with van der Waals surface area (Å²) in [6, 6.07) is 15.5. The number of nitrogens with zero attached hydrogens (tertiary/aromatic N) is 1. The predicted molar refractivity (Wildman–Crippen MR) is 210 cm³/mol. The Bertz CT molecular complexity index is 1510. The van der Waals surface area contributed by atoms with Crippen molar-refractivity contribution in [3.8, 4) is 0 Å². The van der Waals surface area contributed by atoms with Crippen LogP contribution in [0.25, 0.3) is 0 Å². The number of epoxide rings is 1. The summed E-state index contributed by atoms with van der Waals surface area (Å²) in [5, 5.41) is 11.8. The van der Waals surface area contributed by atoms with Gasteiger partial charge < -0.3 is 30.9 Å². The molecule has 2 saturated heterocycles. The van der Waals surface area contributed by atoms with Crippen molar-refractivity contribution >= 4 is 29.4 Å². The maximum absolute atomic E-state index is 14.1. The number of carbonyl (C=O) groups is 5. The fourth-order valence-electron chi connectivity index (χ4n) is 7.04. The van der Waals surface area contributed by atoms with E-state index >= 15 is 0 Å². The Labute approximate surface area is 322 Å². The van der Waals surface area contributed by atoms with Crippen molar-refractivity contribution in [2.45, 2.75) is 129 Å². The van der Waals surface area contributed by atoms with Crippen LogP contribution >= 0.6 is 0 Å². The number of nitrogens with one attached hydrogen (secondary N) is 4. The molecular weight excluding hydrogens is 683 g/mol. The molecule has 0 aliphatic carbocycles. The Morgan fingerprint density at radius 2 is 1.20 bits per heavy atom. The third kappa shape index (κ3) is 14.3. The first-order chi connectivity index (χ1) is 25.8. The van der Waals surface area contributed by atoms with Crippen LogP contribution in [0.4, 0.5) is 0 Å². The Morgan fingerprint density at radius 1 is 0.685 bits per heavy atom. The fourth-order valence-corrected chi connectivity index (χ4v) is 7.04. The lowest BCUT2D eigenvalue weighted by molar-refractivity contribution is -0.135. The van der Waals surface area contributed by atoms with Gasteiger partial charge in [0, 0.05) is 12.8 Å². The van der Waals surface area contributed by atoms with Crippen LogP contribution < -0.4 is 21.3 Å². The topological polar surface area (TPSA) is 149 Å². The van der Waals surface area contributed by atoms with Crippen LogP contribution in [0.3, 0.4) is 0 Å². The molecule has 296 valence electrons. The number of ketones is 1. The predicted octanol–water partition coefficient (Wildman–Crippen LogP) is 4.52. The quantitative estimate of drug-likeness (QED) is 0.130. The Balaban J connectivity index is 1.48. The maximum atomic E-state index is 14.1. The van der Waals surface area contributed by atoms with Crippen molar-refractivity contribution in [3.63, 3.8) is 0 Å². The van der Waals surface area contributed by atoms with Crippen molar-refractivity contribution in [3.05, 3.63) is 71.8 Å². The molecule has 2 aromatic rings. The average Bonchev–Trinajstić information content (AvgIpc) is 3.91. The van der Waals surface area contributed by atoms with Crippen molar-refractivity contribution in [2.24, 2.45) is 11.8 Å². The molecule has 0 radical (unpaired) electrons. The summed E-state index contributed by atoms with van der Waals surface area (Å²) in [4.78, 5) is 71.1. The van der Waals surface area contributed by atoms with Gasteiger partial charge in [-0.15, -0.1) is 0 Å². The normalized spacial score (nSPS) is 19.3. The van der Waals surface area contributed by atoms with Crippen LogP contribution in [0.2, 0.25) is 0 Å². The van der Waals surface area contributed by atoms with Crippen LogP contribution in [-0.2, 0) is 41.6 Å². The van der Waals surface area contributed by atoms with E-state index in [1.165, 1.54) is 19.3 Å². The number of aryl methyl sites for hydroxylation is 1. The molecule has 0 bridgehead atoms. The van der Waals surface area contributed by atoms with Crippen molar-refractivity contribution in [1.82, 2.24) is 26.2 Å². The van der Waals surface area contributed by atoms with Gasteiger partial charge in [0.25, 0.3) is 0 Å². The van der Waals surface area contributed by atoms with Gasteiger partial charge in [-0.05, 0) is 94.5 Å². The second kappa shape index (κ2) is 21.1. The highest BCUT2D eigenvalue weighted by Crippen LogP contribution is 2.29. The number of hydrogen-bond donors (Lipinski definition) is 4. The Morgan fingerprint density at radius 3 is 1.80 bits per heavy atom. The molecule has 2 aliphatic heterocycles. The minimum Gasteiger partial charge on any atom is -0.361 e. The van der Waals surface area contributed by atoms with E-state index in [1.807, 2.05) is 88.4 Å². The van der Waals surface area contributed by atoms with Gasteiger partial charge in [-0.2, -0.15) is 0 Å². The number of hydrogen-bond acceptors (Lipinski definition) is 7. The zero-order valence-electron chi connectivity index (χ0n) is 33.0. The Kier molecular flexibility index (Phi) is 16.7. The standard InChI is InChI=1S/C43H63N5O6/c1-30(2)26-35(39(50)43(5)29-54-43)45-42(53)37(28-33-18-11-7-12-19-33)47-41(52)36(27-31(3)4)46-40(51)34(22-21-32-16-9-6-10-17-32)44-38(49)20-15-25-48-23-13-8-14-24-48/h6-7,9-12,16-19,30-31,34-37H,8,13-15,20-29H2,1-5H3,(H,44,49)(H,45,53)(H,46,51)(H,47,52)/t34-,35?,36?,37-,43+/m0/s1. The highest BCUT2D eigenvalue weighted by molar-refractivity contribution is 5.98. The van der Waals surface area contributed by atoms with E-state index < -0.39 is 47.5 Å². The van der Waals surface area contributed by atoms with E-state index in [0.29, 0.717) is 45.1 Å². The summed E-state index contributed by atoms with van der Waals surface area (Å²) in [5.74, 6) is -1.66. The molecule has 0 spiro atoms.